The minimum atomic E-state index is -2.39. The number of carboxylic acid groups (broad SMARTS) is 1. The molecule has 2 rings (SSSR count). The number of benzene rings is 1. The van der Waals surface area contributed by atoms with E-state index in [-0.39, 0.29) is 24.3 Å². The van der Waals surface area contributed by atoms with Crippen molar-refractivity contribution < 1.29 is 24.2 Å². The number of alkyl halides is 1. The Balaban J connectivity index is 2.20. The van der Waals surface area contributed by atoms with Gasteiger partial charge in [-0.05, 0) is 24.6 Å². The monoisotopic (exact) mass is 267 g/mol. The molecule has 1 aliphatic heterocycles. The van der Waals surface area contributed by atoms with Gasteiger partial charge in [-0.25, -0.2) is 9.18 Å². The number of aliphatic carboxylic acids is 1. The maximum Gasteiger partial charge on any atom is 0.343 e. The van der Waals surface area contributed by atoms with Crippen molar-refractivity contribution in [2.75, 3.05) is 13.1 Å². The van der Waals surface area contributed by atoms with Gasteiger partial charge in [0.15, 0.2) is 0 Å². The highest BCUT2D eigenvalue weighted by molar-refractivity contribution is 5.97. The first-order valence-corrected chi connectivity index (χ1v) is 5.85. The lowest BCUT2D eigenvalue weighted by Gasteiger charge is -2.18. The first-order chi connectivity index (χ1) is 8.83. The summed E-state index contributed by atoms with van der Waals surface area (Å²) in [7, 11) is 0. The second-order valence-electron chi connectivity index (χ2n) is 4.77. The Bertz CT molecular complexity index is 545. The first kappa shape index (κ1) is 13.3. The number of amides is 1. The number of carbonyl (C=O) groups is 2. The molecule has 1 heterocycles. The Morgan fingerprint density at radius 2 is 2.11 bits per heavy atom. The molecular formula is C13H14FNO4. The van der Waals surface area contributed by atoms with Crippen LogP contribution < -0.4 is 0 Å². The van der Waals surface area contributed by atoms with E-state index in [0.717, 1.165) is 10.5 Å². The SMILES string of the molecule is Cc1ccc(C(=O)N2CCC(F)(C(=O)O)C2)c(O)c1. The molecule has 6 heteroatoms. The fraction of sp³-hybridized carbons (Fsp3) is 0.385. The number of phenolic OH excluding ortho intramolecular Hbond substituents is 1. The number of carbonyl (C=O) groups excluding carboxylic acids is 1. The van der Waals surface area contributed by atoms with Gasteiger partial charge in [0, 0.05) is 13.0 Å². The molecule has 1 amide bonds. The highest BCUT2D eigenvalue weighted by Crippen LogP contribution is 2.29. The number of halogens is 1. The van der Waals surface area contributed by atoms with Gasteiger partial charge in [0.2, 0.25) is 5.67 Å². The zero-order valence-corrected chi connectivity index (χ0v) is 10.4. The van der Waals surface area contributed by atoms with Gasteiger partial charge >= 0.3 is 5.97 Å². The number of aromatic hydroxyl groups is 1. The molecule has 0 saturated carbocycles. The molecular weight excluding hydrogens is 253 g/mol. The summed E-state index contributed by atoms with van der Waals surface area (Å²) in [6, 6.07) is 4.54. The van der Waals surface area contributed by atoms with Gasteiger partial charge in [-0.1, -0.05) is 6.07 Å². The van der Waals surface area contributed by atoms with Gasteiger partial charge in [0.1, 0.15) is 5.75 Å². The molecule has 1 unspecified atom stereocenters. The Morgan fingerprint density at radius 1 is 1.42 bits per heavy atom. The second-order valence-corrected chi connectivity index (χ2v) is 4.77. The van der Waals surface area contributed by atoms with Gasteiger partial charge in [0.05, 0.1) is 12.1 Å². The van der Waals surface area contributed by atoms with Crippen LogP contribution in [0.4, 0.5) is 4.39 Å². The van der Waals surface area contributed by atoms with Crippen molar-refractivity contribution in [2.24, 2.45) is 0 Å². The predicted octanol–water partition coefficient (Wildman–Crippen LogP) is 1.34. The largest absolute Gasteiger partial charge is 0.507 e. The first-order valence-electron chi connectivity index (χ1n) is 5.85. The number of nitrogens with zero attached hydrogens (tertiary/aromatic N) is 1. The molecule has 1 saturated heterocycles. The van der Waals surface area contributed by atoms with Crippen molar-refractivity contribution >= 4 is 11.9 Å². The van der Waals surface area contributed by atoms with Crippen LogP contribution in [-0.4, -0.2) is 45.7 Å². The van der Waals surface area contributed by atoms with Crippen molar-refractivity contribution in [2.45, 2.75) is 19.0 Å². The number of phenols is 1. The lowest BCUT2D eigenvalue weighted by Crippen LogP contribution is -2.38. The fourth-order valence-corrected chi connectivity index (χ4v) is 2.11. The smallest absolute Gasteiger partial charge is 0.343 e. The maximum atomic E-state index is 13.9. The normalized spacial score (nSPS) is 22.5. The van der Waals surface area contributed by atoms with Crippen LogP contribution in [0.1, 0.15) is 22.3 Å². The van der Waals surface area contributed by atoms with E-state index in [1.54, 1.807) is 13.0 Å². The average molecular weight is 267 g/mol. The van der Waals surface area contributed by atoms with Crippen LogP contribution in [0.3, 0.4) is 0 Å². The average Bonchev–Trinajstić information content (AvgIpc) is 2.73. The highest BCUT2D eigenvalue weighted by Gasteiger charge is 2.47. The summed E-state index contributed by atoms with van der Waals surface area (Å²) in [6.07, 6.45) is -0.235. The van der Waals surface area contributed by atoms with Gasteiger partial charge < -0.3 is 15.1 Å². The standard InChI is InChI=1S/C13H14FNO4/c1-8-2-3-9(10(16)6-8)11(17)15-5-4-13(14,7-15)12(18)19/h2-3,6,16H,4-5,7H2,1H3,(H,18,19). The molecule has 1 aromatic carbocycles. The predicted molar refractivity (Wildman–Crippen MR) is 64.8 cm³/mol. The topological polar surface area (TPSA) is 77.8 Å². The number of hydrogen-bond acceptors (Lipinski definition) is 3. The minimum absolute atomic E-state index is 0.0228. The summed E-state index contributed by atoms with van der Waals surface area (Å²) >= 11 is 0. The Morgan fingerprint density at radius 3 is 2.63 bits per heavy atom. The number of aryl methyl sites for hydroxylation is 1. The molecule has 1 aromatic rings. The Hall–Kier alpha value is -2.11. The van der Waals surface area contributed by atoms with Crippen molar-refractivity contribution in [3.63, 3.8) is 0 Å². The summed E-state index contributed by atoms with van der Waals surface area (Å²) in [6.45, 7) is 1.30. The lowest BCUT2D eigenvalue weighted by atomic mass is 10.1. The minimum Gasteiger partial charge on any atom is -0.507 e. The van der Waals surface area contributed by atoms with Gasteiger partial charge in [-0.3, -0.25) is 4.79 Å². The summed E-state index contributed by atoms with van der Waals surface area (Å²) in [5.74, 6) is -2.30. The molecule has 5 nitrogen and oxygen atoms in total. The van der Waals surface area contributed by atoms with Crippen LogP contribution in [0.25, 0.3) is 0 Å². The third kappa shape index (κ3) is 2.38. The van der Waals surface area contributed by atoms with E-state index in [2.05, 4.69) is 0 Å². The highest BCUT2D eigenvalue weighted by atomic mass is 19.1. The van der Waals surface area contributed by atoms with Crippen LogP contribution in [-0.2, 0) is 4.79 Å². The summed E-state index contributed by atoms with van der Waals surface area (Å²) < 4.78 is 13.9. The van der Waals surface area contributed by atoms with E-state index in [0.29, 0.717) is 0 Å². The van der Waals surface area contributed by atoms with Crippen LogP contribution >= 0.6 is 0 Å². The molecule has 1 aliphatic rings. The number of likely N-dealkylation sites (tertiary alicyclic amines) is 1. The van der Waals surface area contributed by atoms with Crippen molar-refractivity contribution in [1.82, 2.24) is 4.90 Å². The second kappa shape index (κ2) is 4.53. The molecule has 102 valence electrons. The zero-order valence-electron chi connectivity index (χ0n) is 10.4. The Kier molecular flexibility index (Phi) is 3.18. The van der Waals surface area contributed by atoms with Crippen LogP contribution in [0.5, 0.6) is 5.75 Å². The molecule has 19 heavy (non-hydrogen) atoms. The summed E-state index contributed by atoms with van der Waals surface area (Å²) in [4.78, 5) is 24.0. The van der Waals surface area contributed by atoms with E-state index < -0.39 is 24.1 Å². The molecule has 0 aromatic heterocycles. The van der Waals surface area contributed by atoms with E-state index >= 15 is 0 Å². The maximum absolute atomic E-state index is 13.9. The fourth-order valence-electron chi connectivity index (χ4n) is 2.11. The zero-order chi connectivity index (χ0) is 14.2. The molecule has 0 spiro atoms. The van der Waals surface area contributed by atoms with Crippen molar-refractivity contribution in [1.29, 1.82) is 0 Å². The van der Waals surface area contributed by atoms with Crippen LogP contribution in [0, 0.1) is 6.92 Å². The molecule has 0 aliphatic carbocycles. The summed E-state index contributed by atoms with van der Waals surface area (Å²) in [5.41, 5.74) is -1.54. The molecule has 1 fully saturated rings. The van der Waals surface area contributed by atoms with Gasteiger partial charge in [-0.2, -0.15) is 0 Å². The Labute approximate surface area is 109 Å². The number of carboxylic acids is 1. The molecule has 0 radical (unpaired) electrons. The van der Waals surface area contributed by atoms with E-state index in [4.69, 9.17) is 5.11 Å². The van der Waals surface area contributed by atoms with Gasteiger partial charge in [-0.15, -0.1) is 0 Å². The molecule has 0 bridgehead atoms. The van der Waals surface area contributed by atoms with E-state index in [9.17, 15) is 19.1 Å². The van der Waals surface area contributed by atoms with Crippen molar-refractivity contribution in [3.8, 4) is 5.75 Å². The lowest BCUT2D eigenvalue weighted by molar-refractivity contribution is -0.149. The third-order valence-corrected chi connectivity index (χ3v) is 3.27. The van der Waals surface area contributed by atoms with Crippen LogP contribution in [0.2, 0.25) is 0 Å². The molecule has 2 N–H and O–H groups in total. The van der Waals surface area contributed by atoms with Crippen LogP contribution in [0.15, 0.2) is 18.2 Å². The number of hydrogen-bond donors (Lipinski definition) is 2. The quantitative estimate of drug-likeness (QED) is 0.847. The van der Waals surface area contributed by atoms with E-state index in [1.807, 2.05) is 0 Å². The van der Waals surface area contributed by atoms with Crippen molar-refractivity contribution in [3.05, 3.63) is 29.3 Å². The molecule has 1 atom stereocenters. The third-order valence-electron chi connectivity index (χ3n) is 3.27. The summed E-state index contributed by atoms with van der Waals surface area (Å²) in [5, 5.41) is 18.5. The van der Waals surface area contributed by atoms with Gasteiger partial charge in [0.25, 0.3) is 5.91 Å². The van der Waals surface area contributed by atoms with E-state index in [1.165, 1.54) is 12.1 Å². The number of rotatable bonds is 2.